The summed E-state index contributed by atoms with van der Waals surface area (Å²) in [6.45, 7) is 4.72. The van der Waals surface area contributed by atoms with Crippen LogP contribution in [-0.4, -0.2) is 61.5 Å². The van der Waals surface area contributed by atoms with Crippen molar-refractivity contribution in [2.45, 2.75) is 62.7 Å². The molecule has 0 spiro atoms. The van der Waals surface area contributed by atoms with Gasteiger partial charge in [0, 0.05) is 26.3 Å². The molecule has 174 valence electrons. The second kappa shape index (κ2) is 9.87. The van der Waals surface area contributed by atoms with E-state index in [0.29, 0.717) is 10.6 Å². The lowest BCUT2D eigenvalue weighted by Crippen LogP contribution is -2.57. The molecule has 1 heterocycles. The average molecular weight is 484 g/mol. The van der Waals surface area contributed by atoms with Crippen LogP contribution in [-0.2, 0) is 25.1 Å². The van der Waals surface area contributed by atoms with E-state index in [0.717, 1.165) is 4.90 Å². The summed E-state index contributed by atoms with van der Waals surface area (Å²) in [6.07, 6.45) is -8.09. The summed E-state index contributed by atoms with van der Waals surface area (Å²) in [5, 5.41) is 9.47. The fourth-order valence-corrected chi connectivity index (χ4v) is 4.54. The number of halogens is 4. The van der Waals surface area contributed by atoms with Gasteiger partial charge >= 0.3 is 12.1 Å². The maximum atomic E-state index is 13.4. The molecule has 4 atom stereocenters. The maximum Gasteiger partial charge on any atom is 0.391 e. The zero-order chi connectivity index (χ0) is 23.6. The molecule has 1 aromatic carbocycles. The molecule has 1 saturated heterocycles. The van der Waals surface area contributed by atoms with Crippen molar-refractivity contribution in [3.8, 4) is 0 Å². The molecule has 31 heavy (non-hydrogen) atoms. The van der Waals surface area contributed by atoms with Gasteiger partial charge in [0.1, 0.15) is 6.10 Å². The number of amides is 1. The molecule has 4 unspecified atom stereocenters. The Morgan fingerprint density at radius 3 is 2.35 bits per heavy atom. The van der Waals surface area contributed by atoms with Crippen molar-refractivity contribution in [2.75, 3.05) is 12.4 Å². The monoisotopic (exact) mass is 483 g/mol. The van der Waals surface area contributed by atoms with Crippen LogP contribution in [0.4, 0.5) is 13.2 Å². The van der Waals surface area contributed by atoms with Crippen molar-refractivity contribution in [1.29, 1.82) is 0 Å². The second-order valence-electron chi connectivity index (χ2n) is 8.33. The highest BCUT2D eigenvalue weighted by Gasteiger charge is 2.46. The van der Waals surface area contributed by atoms with Gasteiger partial charge in [-0.2, -0.15) is 13.2 Å². The molecule has 1 aliphatic rings. The number of hydrogen-bond acceptors (Lipinski definition) is 4. The number of aliphatic carboxylic acids is 1. The first-order chi connectivity index (χ1) is 14.2. The highest BCUT2D eigenvalue weighted by atomic mass is 35.5. The number of ether oxygens (including phenoxy) is 1. The third kappa shape index (κ3) is 7.18. The van der Waals surface area contributed by atoms with E-state index in [1.54, 1.807) is 32.9 Å². The molecule has 11 heteroatoms. The second-order valence-corrected chi connectivity index (χ2v) is 11.0. The number of hydrogen-bond donors (Lipinski definition) is 1. The standard InChI is InChI=1S/C20H25ClF3NO5S/c1-19(2,3)31(29)11-14(9-20(22,23)24)25-15(12-4-6-13(21)7-5-12)10-30-16(18(25)28)8-17(26)27/h4-7,14-16H,8-11H2,1-3H3,(H,26,27). The third-order valence-electron chi connectivity index (χ3n) is 4.82. The Hall–Kier alpha value is -1.65. The Balaban J connectivity index is 2.50. The predicted molar refractivity (Wildman–Crippen MR) is 110 cm³/mol. The van der Waals surface area contributed by atoms with Gasteiger partial charge in [-0.3, -0.25) is 13.8 Å². The van der Waals surface area contributed by atoms with Crippen LogP contribution >= 0.6 is 11.6 Å². The van der Waals surface area contributed by atoms with Crippen LogP contribution in [0.1, 0.15) is 45.2 Å². The number of nitrogens with zero attached hydrogens (tertiary/aromatic N) is 1. The molecule has 0 radical (unpaired) electrons. The SMILES string of the molecule is CC(C)(C)S(=O)CC(CC(F)(F)F)N1C(=O)C(CC(=O)O)OCC1c1ccc(Cl)cc1. The Labute approximate surface area is 186 Å². The Morgan fingerprint density at radius 2 is 1.87 bits per heavy atom. The minimum atomic E-state index is -4.63. The number of carboxylic acid groups (broad SMARTS) is 1. The molecule has 2 rings (SSSR count). The molecule has 0 aliphatic carbocycles. The van der Waals surface area contributed by atoms with Gasteiger partial charge in [0.2, 0.25) is 0 Å². The van der Waals surface area contributed by atoms with Gasteiger partial charge in [-0.15, -0.1) is 0 Å². The van der Waals surface area contributed by atoms with Crippen molar-refractivity contribution in [3.05, 3.63) is 34.9 Å². The zero-order valence-electron chi connectivity index (χ0n) is 17.3. The van der Waals surface area contributed by atoms with Gasteiger partial charge in [0.05, 0.1) is 31.5 Å². The summed E-state index contributed by atoms with van der Waals surface area (Å²) >= 11 is 5.90. The summed E-state index contributed by atoms with van der Waals surface area (Å²) in [5.41, 5.74) is 0.486. The highest BCUT2D eigenvalue weighted by molar-refractivity contribution is 7.86. The van der Waals surface area contributed by atoms with E-state index >= 15 is 0 Å². The van der Waals surface area contributed by atoms with Crippen LogP contribution in [0.2, 0.25) is 5.02 Å². The Morgan fingerprint density at radius 1 is 1.29 bits per heavy atom. The highest BCUT2D eigenvalue weighted by Crippen LogP contribution is 2.35. The molecule has 0 saturated carbocycles. The lowest BCUT2D eigenvalue weighted by atomic mass is 9.99. The molecule has 1 aliphatic heterocycles. The molecule has 6 nitrogen and oxygen atoms in total. The largest absolute Gasteiger partial charge is 0.481 e. The van der Waals surface area contributed by atoms with Gasteiger partial charge in [0.25, 0.3) is 5.91 Å². The topological polar surface area (TPSA) is 83.9 Å². The van der Waals surface area contributed by atoms with Crippen molar-refractivity contribution in [1.82, 2.24) is 4.90 Å². The first-order valence-electron chi connectivity index (χ1n) is 9.55. The number of alkyl halides is 3. The molecule has 0 aromatic heterocycles. The number of carboxylic acids is 1. The number of benzene rings is 1. The lowest BCUT2D eigenvalue weighted by molar-refractivity contribution is -0.179. The average Bonchev–Trinajstić information content (AvgIpc) is 2.61. The van der Waals surface area contributed by atoms with Crippen molar-refractivity contribution in [3.63, 3.8) is 0 Å². The van der Waals surface area contributed by atoms with Crippen LogP contribution in [0.15, 0.2) is 24.3 Å². The predicted octanol–water partition coefficient (Wildman–Crippen LogP) is 3.95. The van der Waals surface area contributed by atoms with Gasteiger partial charge in [-0.05, 0) is 38.5 Å². The molecule has 1 fully saturated rings. The molecule has 0 bridgehead atoms. The van der Waals surface area contributed by atoms with E-state index in [1.165, 1.54) is 12.1 Å². The quantitative estimate of drug-likeness (QED) is 0.635. The number of carbonyl (C=O) groups excluding carboxylic acids is 1. The Kier molecular flexibility index (Phi) is 8.15. The molecule has 1 aromatic rings. The fraction of sp³-hybridized carbons (Fsp3) is 0.600. The van der Waals surface area contributed by atoms with E-state index in [1.807, 2.05) is 0 Å². The summed E-state index contributed by atoms with van der Waals surface area (Å²) in [5.74, 6) is -2.58. The summed E-state index contributed by atoms with van der Waals surface area (Å²) in [6, 6.07) is 3.86. The zero-order valence-corrected chi connectivity index (χ0v) is 18.9. The van der Waals surface area contributed by atoms with E-state index < -0.39 is 70.4 Å². The van der Waals surface area contributed by atoms with Crippen LogP contribution < -0.4 is 0 Å². The minimum Gasteiger partial charge on any atom is -0.481 e. The third-order valence-corrected chi connectivity index (χ3v) is 7.13. The van der Waals surface area contributed by atoms with Gasteiger partial charge in [-0.1, -0.05) is 23.7 Å². The first kappa shape index (κ1) is 25.6. The summed E-state index contributed by atoms with van der Waals surface area (Å²) in [4.78, 5) is 25.2. The molecular formula is C20H25ClF3NO5S. The van der Waals surface area contributed by atoms with Gasteiger partial charge in [-0.25, -0.2) is 0 Å². The van der Waals surface area contributed by atoms with Crippen molar-refractivity contribution in [2.24, 2.45) is 0 Å². The van der Waals surface area contributed by atoms with Gasteiger partial charge < -0.3 is 14.7 Å². The van der Waals surface area contributed by atoms with E-state index in [-0.39, 0.29) is 6.61 Å². The van der Waals surface area contributed by atoms with Crippen LogP contribution in [0, 0.1) is 0 Å². The summed E-state index contributed by atoms with van der Waals surface area (Å²) in [7, 11) is -1.69. The fourth-order valence-electron chi connectivity index (χ4n) is 3.29. The number of rotatable bonds is 7. The van der Waals surface area contributed by atoms with Gasteiger partial charge in [0.15, 0.2) is 0 Å². The Bertz CT molecular complexity index is 826. The lowest BCUT2D eigenvalue weighted by Gasteiger charge is -2.44. The summed E-state index contributed by atoms with van der Waals surface area (Å²) < 4.78 is 57.7. The molecular weight excluding hydrogens is 459 g/mol. The number of morpholine rings is 1. The van der Waals surface area contributed by atoms with Crippen LogP contribution in [0.25, 0.3) is 0 Å². The minimum absolute atomic E-state index is 0.193. The van der Waals surface area contributed by atoms with E-state index in [2.05, 4.69) is 0 Å². The van der Waals surface area contributed by atoms with Crippen LogP contribution in [0.5, 0.6) is 0 Å². The normalized spacial score (nSPS) is 22.3. The molecule has 1 N–H and O–H groups in total. The first-order valence-corrected chi connectivity index (χ1v) is 11.2. The smallest absolute Gasteiger partial charge is 0.391 e. The maximum absolute atomic E-state index is 13.4. The number of carbonyl (C=O) groups is 2. The van der Waals surface area contributed by atoms with E-state index in [9.17, 15) is 27.0 Å². The van der Waals surface area contributed by atoms with Crippen molar-refractivity contribution >= 4 is 34.3 Å². The van der Waals surface area contributed by atoms with E-state index in [4.69, 9.17) is 21.4 Å². The van der Waals surface area contributed by atoms with Crippen molar-refractivity contribution < 1.29 is 36.8 Å². The van der Waals surface area contributed by atoms with Crippen LogP contribution in [0.3, 0.4) is 0 Å². The molecule has 1 amide bonds.